The summed E-state index contributed by atoms with van der Waals surface area (Å²) in [6.07, 6.45) is 3.20. The highest BCUT2D eigenvalue weighted by Crippen LogP contribution is 2.31. The lowest BCUT2D eigenvalue weighted by Crippen LogP contribution is -2.05. The van der Waals surface area contributed by atoms with Crippen LogP contribution in [0.1, 0.15) is 15.9 Å². The molecule has 7 heteroatoms. The highest BCUT2D eigenvalue weighted by atomic mass is 16.6. The van der Waals surface area contributed by atoms with Crippen LogP contribution in [0.5, 0.6) is 5.75 Å². The minimum absolute atomic E-state index is 0.0217. The van der Waals surface area contributed by atoms with Crippen LogP contribution < -0.4 is 4.74 Å². The maximum absolute atomic E-state index is 11.1. The van der Waals surface area contributed by atoms with Crippen molar-refractivity contribution in [1.29, 1.82) is 0 Å². The summed E-state index contributed by atoms with van der Waals surface area (Å²) < 4.78 is 4.91. The number of aromatic carboxylic acids is 1. The third-order valence-electron chi connectivity index (χ3n) is 2.33. The van der Waals surface area contributed by atoms with Crippen LogP contribution in [0.2, 0.25) is 0 Å². The molecule has 1 N–H and O–H groups in total. The number of nitrogens with zero attached hydrogens (tertiary/aromatic N) is 2. The number of carboxylic acids is 1. The fraction of sp³-hybridized carbons (Fsp3) is 0.250. The van der Waals surface area contributed by atoms with Crippen LogP contribution in [0.4, 0.5) is 5.69 Å². The summed E-state index contributed by atoms with van der Waals surface area (Å²) in [7, 11) is 4.85. The summed E-state index contributed by atoms with van der Waals surface area (Å²) in [4.78, 5) is 23.0. The van der Waals surface area contributed by atoms with E-state index in [1.54, 1.807) is 31.3 Å². The van der Waals surface area contributed by atoms with Gasteiger partial charge in [-0.15, -0.1) is 0 Å². The molecule has 1 rings (SSSR count). The molecule has 0 fully saturated rings. The number of nitro benzene ring substituents is 1. The van der Waals surface area contributed by atoms with Gasteiger partial charge in [0.25, 0.3) is 0 Å². The van der Waals surface area contributed by atoms with Gasteiger partial charge in [-0.05, 0) is 23.9 Å². The molecule has 0 bridgehead atoms. The standard InChI is InChI=1S/C12H14N2O5/c1-13(2)5-4-8-6-11(19-3)10(14(17)18)7-9(8)12(15)16/h4-7H,1-3H3,(H,15,16)/b5-4+. The summed E-state index contributed by atoms with van der Waals surface area (Å²) in [5, 5.41) is 19.9. The second-order valence-electron chi connectivity index (χ2n) is 3.95. The van der Waals surface area contributed by atoms with Gasteiger partial charge in [0, 0.05) is 20.2 Å². The fourth-order valence-corrected chi connectivity index (χ4v) is 1.44. The number of methoxy groups -OCH3 is 1. The second kappa shape index (κ2) is 5.85. The zero-order valence-electron chi connectivity index (χ0n) is 10.8. The molecule has 0 spiro atoms. The summed E-state index contributed by atoms with van der Waals surface area (Å²) in [6.45, 7) is 0. The highest BCUT2D eigenvalue weighted by molar-refractivity contribution is 5.93. The van der Waals surface area contributed by atoms with Crippen LogP contribution in [0.15, 0.2) is 18.3 Å². The monoisotopic (exact) mass is 266 g/mol. The van der Waals surface area contributed by atoms with Crippen molar-refractivity contribution in [1.82, 2.24) is 4.90 Å². The summed E-state index contributed by atoms with van der Waals surface area (Å²) >= 11 is 0. The zero-order chi connectivity index (χ0) is 14.6. The van der Waals surface area contributed by atoms with Crippen LogP contribution in [0.25, 0.3) is 6.08 Å². The Labute approximate surface area is 109 Å². The van der Waals surface area contributed by atoms with Crippen LogP contribution in [-0.4, -0.2) is 42.1 Å². The number of nitro groups is 1. The lowest BCUT2D eigenvalue weighted by Gasteiger charge is -2.08. The van der Waals surface area contributed by atoms with Gasteiger partial charge in [0.15, 0.2) is 5.75 Å². The molecule has 0 unspecified atom stereocenters. The summed E-state index contributed by atoms with van der Waals surface area (Å²) in [5.41, 5.74) is -0.184. The van der Waals surface area contributed by atoms with Crippen LogP contribution in [0.3, 0.4) is 0 Å². The average molecular weight is 266 g/mol. The number of hydrogen-bond donors (Lipinski definition) is 1. The summed E-state index contributed by atoms with van der Waals surface area (Å²) in [6, 6.07) is 2.33. The number of carbonyl (C=O) groups is 1. The number of rotatable bonds is 5. The van der Waals surface area contributed by atoms with Gasteiger partial charge in [-0.25, -0.2) is 4.79 Å². The number of carboxylic acid groups (broad SMARTS) is 1. The van der Waals surface area contributed by atoms with E-state index in [9.17, 15) is 14.9 Å². The van der Waals surface area contributed by atoms with E-state index in [4.69, 9.17) is 9.84 Å². The van der Waals surface area contributed by atoms with Crippen molar-refractivity contribution in [2.24, 2.45) is 0 Å². The molecule has 19 heavy (non-hydrogen) atoms. The molecule has 0 atom stereocenters. The Morgan fingerprint density at radius 2 is 2.11 bits per heavy atom. The largest absolute Gasteiger partial charge is 0.490 e. The van der Waals surface area contributed by atoms with Crippen molar-refractivity contribution >= 4 is 17.7 Å². The Morgan fingerprint density at radius 3 is 2.53 bits per heavy atom. The summed E-state index contributed by atoms with van der Waals surface area (Å²) in [5.74, 6) is -1.21. The van der Waals surface area contributed by atoms with Crippen molar-refractivity contribution in [2.45, 2.75) is 0 Å². The Morgan fingerprint density at radius 1 is 1.47 bits per heavy atom. The van der Waals surface area contributed by atoms with Crippen molar-refractivity contribution in [3.63, 3.8) is 0 Å². The maximum Gasteiger partial charge on any atom is 0.336 e. The molecule has 0 aromatic heterocycles. The average Bonchev–Trinajstić information content (AvgIpc) is 2.34. The minimum Gasteiger partial charge on any atom is -0.490 e. The first-order valence-corrected chi connectivity index (χ1v) is 5.31. The van der Waals surface area contributed by atoms with Gasteiger partial charge in [-0.1, -0.05) is 0 Å². The molecule has 0 saturated carbocycles. The van der Waals surface area contributed by atoms with Crippen LogP contribution in [-0.2, 0) is 0 Å². The number of ether oxygens (including phenoxy) is 1. The lowest BCUT2D eigenvalue weighted by atomic mass is 10.1. The Hall–Kier alpha value is -2.57. The lowest BCUT2D eigenvalue weighted by molar-refractivity contribution is -0.385. The third-order valence-corrected chi connectivity index (χ3v) is 2.33. The van der Waals surface area contributed by atoms with Gasteiger partial charge in [0.1, 0.15) is 0 Å². The molecule has 0 radical (unpaired) electrons. The van der Waals surface area contributed by atoms with Gasteiger partial charge >= 0.3 is 11.7 Å². The van der Waals surface area contributed by atoms with Crippen molar-refractivity contribution in [3.05, 3.63) is 39.6 Å². The minimum atomic E-state index is -1.23. The molecular weight excluding hydrogens is 252 g/mol. The third kappa shape index (κ3) is 3.44. The van der Waals surface area contributed by atoms with E-state index in [0.717, 1.165) is 6.07 Å². The topological polar surface area (TPSA) is 92.9 Å². The SMILES string of the molecule is COc1cc(/C=C/N(C)C)c(C(=O)O)cc1[N+](=O)[O-]. The van der Waals surface area contributed by atoms with E-state index in [1.807, 2.05) is 0 Å². The van der Waals surface area contributed by atoms with E-state index in [2.05, 4.69) is 0 Å². The molecular formula is C12H14N2O5. The predicted molar refractivity (Wildman–Crippen MR) is 69.3 cm³/mol. The van der Waals surface area contributed by atoms with Gasteiger partial charge in [0.2, 0.25) is 0 Å². The van der Waals surface area contributed by atoms with Crippen molar-refractivity contribution in [2.75, 3.05) is 21.2 Å². The molecule has 102 valence electrons. The molecule has 0 heterocycles. The molecule has 0 aliphatic carbocycles. The molecule has 1 aromatic rings. The molecule has 0 aliphatic heterocycles. The maximum atomic E-state index is 11.1. The second-order valence-corrected chi connectivity index (χ2v) is 3.95. The first kappa shape index (κ1) is 14.5. The molecule has 7 nitrogen and oxygen atoms in total. The molecule has 1 aromatic carbocycles. The van der Waals surface area contributed by atoms with Crippen LogP contribution >= 0.6 is 0 Å². The predicted octanol–water partition coefficient (Wildman–Crippen LogP) is 1.83. The molecule has 0 aliphatic rings. The van der Waals surface area contributed by atoms with Crippen molar-refractivity contribution in [3.8, 4) is 5.75 Å². The van der Waals surface area contributed by atoms with Gasteiger partial charge in [-0.3, -0.25) is 10.1 Å². The first-order chi connectivity index (χ1) is 8.86. The smallest absolute Gasteiger partial charge is 0.336 e. The normalized spacial score (nSPS) is 10.5. The fourth-order valence-electron chi connectivity index (χ4n) is 1.44. The van der Waals surface area contributed by atoms with Crippen molar-refractivity contribution < 1.29 is 19.6 Å². The van der Waals surface area contributed by atoms with E-state index in [0.29, 0.717) is 5.56 Å². The van der Waals surface area contributed by atoms with E-state index in [-0.39, 0.29) is 17.0 Å². The Bertz CT molecular complexity index is 537. The van der Waals surface area contributed by atoms with E-state index >= 15 is 0 Å². The number of hydrogen-bond acceptors (Lipinski definition) is 5. The van der Waals surface area contributed by atoms with Gasteiger partial charge in [0.05, 0.1) is 17.6 Å². The van der Waals surface area contributed by atoms with E-state index < -0.39 is 10.9 Å². The molecule has 0 saturated heterocycles. The number of benzene rings is 1. The van der Waals surface area contributed by atoms with Crippen LogP contribution in [0, 0.1) is 10.1 Å². The Balaban J connectivity index is 3.44. The van der Waals surface area contributed by atoms with E-state index in [1.165, 1.54) is 13.2 Å². The van der Waals surface area contributed by atoms with Gasteiger partial charge < -0.3 is 14.7 Å². The van der Waals surface area contributed by atoms with Gasteiger partial charge in [-0.2, -0.15) is 0 Å². The highest BCUT2D eigenvalue weighted by Gasteiger charge is 2.21. The molecule has 0 amide bonds. The zero-order valence-corrected chi connectivity index (χ0v) is 10.8. The quantitative estimate of drug-likeness (QED) is 0.645. The Kier molecular flexibility index (Phi) is 4.46. The first-order valence-electron chi connectivity index (χ1n) is 5.31.